The lowest BCUT2D eigenvalue weighted by atomic mass is 10.1. The molecule has 1 amide bonds. The second-order valence-electron chi connectivity index (χ2n) is 8.67. The second-order valence-corrected chi connectivity index (χ2v) is 10.3. The molecular weight excluding hydrogens is 454 g/mol. The van der Waals surface area contributed by atoms with Crippen LogP contribution in [-0.2, 0) is 23.8 Å². The minimum atomic E-state index is -4.09. The van der Waals surface area contributed by atoms with Crippen molar-refractivity contribution in [3.63, 3.8) is 0 Å². The average Bonchev–Trinajstić information content (AvgIpc) is 2.83. The van der Waals surface area contributed by atoms with Gasteiger partial charge in [0.2, 0.25) is 5.91 Å². The van der Waals surface area contributed by atoms with Gasteiger partial charge in [-0.05, 0) is 37.6 Å². The van der Waals surface area contributed by atoms with Gasteiger partial charge in [-0.25, -0.2) is 4.79 Å². The second kappa shape index (κ2) is 17.5. The van der Waals surface area contributed by atoms with Crippen molar-refractivity contribution in [2.24, 2.45) is 0 Å². The Morgan fingerprint density at radius 1 is 0.794 bits per heavy atom. The highest BCUT2D eigenvalue weighted by Crippen LogP contribution is 2.15. The molecular formula is C26H43NO6S. The van der Waals surface area contributed by atoms with Crippen molar-refractivity contribution in [3.8, 4) is 0 Å². The summed E-state index contributed by atoms with van der Waals surface area (Å²) >= 11 is 0. The minimum Gasteiger partial charge on any atom is -0.462 e. The van der Waals surface area contributed by atoms with E-state index in [0.29, 0.717) is 6.54 Å². The van der Waals surface area contributed by atoms with Crippen molar-refractivity contribution in [2.45, 2.75) is 95.8 Å². The number of rotatable bonds is 19. The Labute approximate surface area is 206 Å². The molecule has 7 nitrogen and oxygen atoms in total. The monoisotopic (exact) mass is 497 g/mol. The van der Waals surface area contributed by atoms with Crippen molar-refractivity contribution in [1.82, 2.24) is 4.90 Å². The van der Waals surface area contributed by atoms with Crippen molar-refractivity contribution >= 4 is 22.0 Å². The number of unbranched alkanes of at least 4 members (excludes halogenated alkanes) is 11. The summed E-state index contributed by atoms with van der Waals surface area (Å²) in [4.78, 5) is 25.3. The molecule has 0 aliphatic carbocycles. The number of likely N-dealkylation sites (N-methyl/N-ethyl adjacent to an activating group) is 1. The van der Waals surface area contributed by atoms with Gasteiger partial charge in [0, 0.05) is 13.6 Å². The fourth-order valence-corrected chi connectivity index (χ4v) is 4.45. The summed E-state index contributed by atoms with van der Waals surface area (Å²) in [6.45, 7) is 4.20. The summed E-state index contributed by atoms with van der Waals surface area (Å²) < 4.78 is 34.5. The van der Waals surface area contributed by atoms with Crippen LogP contribution in [0.1, 0.15) is 101 Å². The molecule has 0 N–H and O–H groups in total. The van der Waals surface area contributed by atoms with Crippen LogP contribution in [0.2, 0.25) is 0 Å². The zero-order valence-electron chi connectivity index (χ0n) is 21.2. The minimum absolute atomic E-state index is 0.114. The summed E-state index contributed by atoms with van der Waals surface area (Å²) in [5, 5.41) is 0. The van der Waals surface area contributed by atoms with Gasteiger partial charge in [0.15, 0.2) is 0 Å². The zero-order chi connectivity index (χ0) is 25.2. The Morgan fingerprint density at radius 2 is 1.29 bits per heavy atom. The van der Waals surface area contributed by atoms with Gasteiger partial charge in [0.1, 0.15) is 6.61 Å². The molecule has 194 valence electrons. The molecule has 0 radical (unpaired) electrons. The van der Waals surface area contributed by atoms with Crippen LogP contribution in [-0.4, -0.2) is 52.0 Å². The number of carbonyl (C=O) groups is 2. The van der Waals surface area contributed by atoms with E-state index < -0.39 is 22.7 Å². The summed E-state index contributed by atoms with van der Waals surface area (Å²) in [5.41, 5.74) is 0.249. The van der Waals surface area contributed by atoms with E-state index in [1.54, 1.807) is 14.0 Å². The van der Waals surface area contributed by atoms with E-state index in [4.69, 9.17) is 8.92 Å². The Morgan fingerprint density at radius 3 is 1.79 bits per heavy atom. The van der Waals surface area contributed by atoms with E-state index in [2.05, 4.69) is 6.92 Å². The van der Waals surface area contributed by atoms with Crippen LogP contribution in [0, 0.1) is 0 Å². The van der Waals surface area contributed by atoms with Gasteiger partial charge in [-0.1, -0.05) is 77.6 Å². The van der Waals surface area contributed by atoms with Crippen molar-refractivity contribution in [1.29, 1.82) is 0 Å². The number of hydrogen-bond acceptors (Lipinski definition) is 6. The van der Waals surface area contributed by atoms with Gasteiger partial charge in [-0.2, -0.15) is 8.42 Å². The van der Waals surface area contributed by atoms with Crippen LogP contribution in [0.4, 0.5) is 0 Å². The van der Waals surface area contributed by atoms with Crippen molar-refractivity contribution in [2.75, 3.05) is 26.8 Å². The lowest BCUT2D eigenvalue weighted by molar-refractivity contribution is -0.132. The highest BCUT2D eigenvalue weighted by atomic mass is 32.2. The number of hydrogen-bond donors (Lipinski definition) is 0. The van der Waals surface area contributed by atoms with Crippen LogP contribution in [0.25, 0.3) is 0 Å². The van der Waals surface area contributed by atoms with E-state index in [1.165, 1.54) is 87.0 Å². The first-order valence-corrected chi connectivity index (χ1v) is 14.1. The zero-order valence-corrected chi connectivity index (χ0v) is 22.0. The third-order valence-electron chi connectivity index (χ3n) is 5.76. The van der Waals surface area contributed by atoms with Gasteiger partial charge in [0.05, 0.1) is 17.1 Å². The maximum Gasteiger partial charge on any atom is 0.338 e. The molecule has 8 heteroatoms. The summed E-state index contributed by atoms with van der Waals surface area (Å²) in [5.74, 6) is -0.906. The Bertz CT molecular complexity index is 807. The summed E-state index contributed by atoms with van der Waals surface area (Å²) in [6, 6.07) is 5.25. The lowest BCUT2D eigenvalue weighted by Gasteiger charge is -2.17. The number of carbonyl (C=O) groups excluding carboxylic acids is 2. The predicted molar refractivity (Wildman–Crippen MR) is 134 cm³/mol. The van der Waals surface area contributed by atoms with Gasteiger partial charge < -0.3 is 9.64 Å². The highest BCUT2D eigenvalue weighted by Gasteiger charge is 2.19. The van der Waals surface area contributed by atoms with E-state index >= 15 is 0 Å². The molecule has 0 saturated carbocycles. The Kier molecular flexibility index (Phi) is 15.5. The lowest BCUT2D eigenvalue weighted by Crippen LogP contribution is -2.32. The number of benzene rings is 1. The Balaban J connectivity index is 2.20. The van der Waals surface area contributed by atoms with Gasteiger partial charge in [0.25, 0.3) is 10.1 Å². The van der Waals surface area contributed by atoms with E-state index in [-0.39, 0.29) is 23.0 Å². The number of ether oxygens (including phenoxy) is 1. The number of nitrogens with zero attached hydrogens (tertiary/aromatic N) is 1. The largest absolute Gasteiger partial charge is 0.462 e. The highest BCUT2D eigenvalue weighted by molar-refractivity contribution is 7.86. The maximum atomic E-state index is 12.3. The molecule has 0 aliphatic rings. The van der Waals surface area contributed by atoms with Crippen LogP contribution in [0.5, 0.6) is 0 Å². The summed E-state index contributed by atoms with van der Waals surface area (Å²) in [7, 11) is -2.43. The molecule has 0 unspecified atom stereocenters. The molecule has 0 heterocycles. The molecule has 0 fully saturated rings. The van der Waals surface area contributed by atoms with E-state index in [0.717, 1.165) is 19.3 Å². The van der Waals surface area contributed by atoms with Gasteiger partial charge in [-0.3, -0.25) is 8.98 Å². The first kappa shape index (κ1) is 30.1. The van der Waals surface area contributed by atoms with Crippen LogP contribution in [0.15, 0.2) is 29.2 Å². The molecule has 1 aromatic carbocycles. The van der Waals surface area contributed by atoms with Crippen LogP contribution in [0.3, 0.4) is 0 Å². The van der Waals surface area contributed by atoms with E-state index in [1.807, 2.05) is 0 Å². The molecule has 0 aliphatic heterocycles. The van der Waals surface area contributed by atoms with Crippen molar-refractivity contribution in [3.05, 3.63) is 29.8 Å². The van der Waals surface area contributed by atoms with Crippen LogP contribution >= 0.6 is 0 Å². The standard InChI is InChI=1S/C26H43NO6S/c1-4-6-7-8-9-10-11-12-13-14-15-16-21-27(3)25(28)22-33-34(30,31)24-19-17-23(18-20-24)26(29)32-5-2/h17-20H,4-16,21-22H2,1-3H3. The summed E-state index contributed by atoms with van der Waals surface area (Å²) in [6.07, 6.45) is 15.0. The number of esters is 1. The average molecular weight is 498 g/mol. The first-order chi connectivity index (χ1) is 16.3. The van der Waals surface area contributed by atoms with Gasteiger partial charge >= 0.3 is 5.97 Å². The van der Waals surface area contributed by atoms with Gasteiger partial charge in [-0.15, -0.1) is 0 Å². The third-order valence-corrected chi connectivity index (χ3v) is 7.04. The quantitative estimate of drug-likeness (QED) is 0.138. The normalized spacial score (nSPS) is 11.4. The molecule has 0 atom stereocenters. The smallest absolute Gasteiger partial charge is 0.338 e. The van der Waals surface area contributed by atoms with Crippen molar-refractivity contribution < 1.29 is 26.9 Å². The fourth-order valence-electron chi connectivity index (χ4n) is 3.59. The molecule has 0 spiro atoms. The molecule has 0 saturated heterocycles. The molecule has 1 aromatic rings. The molecule has 34 heavy (non-hydrogen) atoms. The Hall–Kier alpha value is -1.93. The third kappa shape index (κ3) is 12.5. The molecule has 0 bridgehead atoms. The van der Waals surface area contributed by atoms with Crippen LogP contribution < -0.4 is 0 Å². The first-order valence-electron chi connectivity index (χ1n) is 12.7. The number of amides is 1. The SMILES string of the molecule is CCCCCCCCCCCCCCN(C)C(=O)COS(=O)(=O)c1ccc(C(=O)OCC)cc1. The molecule has 0 aromatic heterocycles. The fraction of sp³-hybridized carbons (Fsp3) is 0.692. The molecule has 1 rings (SSSR count). The topological polar surface area (TPSA) is 90.0 Å². The predicted octanol–water partition coefficient (Wildman–Crippen LogP) is 5.73. The van der Waals surface area contributed by atoms with E-state index in [9.17, 15) is 18.0 Å². The maximum absolute atomic E-state index is 12.3.